The standard InChI is InChI=1S/C23H34N8O2/c1-31(2)14-13-26-21-28-22(27-16-18-8-11-25-12-9-18)30-23(24,29-21)10-7-17-5-6-19(32-3)20(15-17)33-4/h5-6,8-9,11-12,15H,7,10,13-14,16,24H2,1-4H3,(H3,26,27,28,29,30). The number of aryl methyl sites for hydroxylation is 1. The summed E-state index contributed by atoms with van der Waals surface area (Å²) in [6, 6.07) is 9.76. The minimum atomic E-state index is -1.02. The number of nitrogens with one attached hydrogen (secondary N) is 3. The molecule has 2 aromatic rings. The van der Waals surface area contributed by atoms with Crippen molar-refractivity contribution in [2.24, 2.45) is 15.7 Å². The van der Waals surface area contributed by atoms with Crippen molar-refractivity contribution >= 4 is 11.9 Å². The molecule has 10 nitrogen and oxygen atoms in total. The van der Waals surface area contributed by atoms with Gasteiger partial charge in [0.15, 0.2) is 17.3 Å². The molecule has 0 amide bonds. The van der Waals surface area contributed by atoms with Crippen LogP contribution < -0.4 is 31.2 Å². The van der Waals surface area contributed by atoms with Crippen LogP contribution in [0.1, 0.15) is 17.5 Å². The quantitative estimate of drug-likeness (QED) is 0.418. The van der Waals surface area contributed by atoms with E-state index in [1.807, 2.05) is 44.4 Å². The van der Waals surface area contributed by atoms with Gasteiger partial charge in [0.1, 0.15) is 0 Å². The highest BCUT2D eigenvalue weighted by atomic mass is 16.5. The summed E-state index contributed by atoms with van der Waals surface area (Å²) < 4.78 is 10.7. The van der Waals surface area contributed by atoms with Crippen LogP contribution in [0.25, 0.3) is 0 Å². The molecule has 1 aromatic heterocycles. The van der Waals surface area contributed by atoms with Crippen LogP contribution in [0.4, 0.5) is 0 Å². The Morgan fingerprint density at radius 2 is 1.79 bits per heavy atom. The van der Waals surface area contributed by atoms with Crippen molar-refractivity contribution in [2.75, 3.05) is 41.4 Å². The monoisotopic (exact) mass is 454 g/mol. The third-order valence-electron chi connectivity index (χ3n) is 5.15. The Balaban J connectivity index is 1.71. The molecule has 1 aromatic carbocycles. The SMILES string of the molecule is COc1ccc(CCC2(N)N=C(NCCN(C)C)N=C(NCc3ccncc3)N2)cc1OC. The molecule has 5 N–H and O–H groups in total. The third kappa shape index (κ3) is 7.33. The molecule has 1 unspecified atom stereocenters. The second-order valence-corrected chi connectivity index (χ2v) is 8.07. The first-order valence-corrected chi connectivity index (χ1v) is 10.9. The summed E-state index contributed by atoms with van der Waals surface area (Å²) in [5.41, 5.74) is 8.84. The number of hydrogen-bond acceptors (Lipinski definition) is 10. The fourth-order valence-corrected chi connectivity index (χ4v) is 3.31. The molecular formula is C23H34N8O2. The van der Waals surface area contributed by atoms with Gasteiger partial charge in [0, 0.05) is 38.4 Å². The van der Waals surface area contributed by atoms with Gasteiger partial charge >= 0.3 is 0 Å². The lowest BCUT2D eigenvalue weighted by Gasteiger charge is -2.32. The number of aromatic nitrogens is 1. The van der Waals surface area contributed by atoms with Crippen molar-refractivity contribution in [3.8, 4) is 11.5 Å². The summed E-state index contributed by atoms with van der Waals surface area (Å²) in [4.78, 5) is 15.4. The molecular weight excluding hydrogens is 420 g/mol. The van der Waals surface area contributed by atoms with Crippen molar-refractivity contribution in [1.29, 1.82) is 0 Å². The lowest BCUT2D eigenvalue weighted by Crippen LogP contribution is -2.61. The van der Waals surface area contributed by atoms with Crippen molar-refractivity contribution in [2.45, 2.75) is 25.2 Å². The van der Waals surface area contributed by atoms with Gasteiger partial charge in [-0.15, -0.1) is 0 Å². The van der Waals surface area contributed by atoms with E-state index in [9.17, 15) is 0 Å². The van der Waals surface area contributed by atoms with Gasteiger partial charge in [-0.25, -0.2) is 4.99 Å². The maximum atomic E-state index is 6.68. The number of aliphatic imine (C=N–C) groups is 2. The zero-order chi connectivity index (χ0) is 23.7. The van der Waals surface area contributed by atoms with Gasteiger partial charge in [0.05, 0.1) is 14.2 Å². The molecule has 3 rings (SSSR count). The molecule has 0 spiro atoms. The summed E-state index contributed by atoms with van der Waals surface area (Å²) in [5, 5.41) is 9.86. The first-order chi connectivity index (χ1) is 15.9. The number of benzene rings is 1. The predicted molar refractivity (Wildman–Crippen MR) is 130 cm³/mol. The molecule has 1 aliphatic rings. The molecule has 0 fully saturated rings. The van der Waals surface area contributed by atoms with Gasteiger partial charge in [0.25, 0.3) is 0 Å². The highest BCUT2D eigenvalue weighted by molar-refractivity contribution is 5.97. The first kappa shape index (κ1) is 24.3. The number of ether oxygens (including phenoxy) is 2. The predicted octanol–water partition coefficient (Wildman–Crippen LogP) is 0.900. The number of guanidine groups is 2. The van der Waals surface area contributed by atoms with Crippen LogP contribution in [0.2, 0.25) is 0 Å². The maximum absolute atomic E-state index is 6.68. The smallest absolute Gasteiger partial charge is 0.224 e. The summed E-state index contributed by atoms with van der Waals surface area (Å²) >= 11 is 0. The molecule has 33 heavy (non-hydrogen) atoms. The number of nitrogens with two attached hydrogens (primary N) is 1. The molecule has 10 heteroatoms. The van der Waals surface area contributed by atoms with Crippen LogP contribution >= 0.6 is 0 Å². The lowest BCUT2D eigenvalue weighted by atomic mass is 10.1. The number of nitrogens with zero attached hydrogens (tertiary/aromatic N) is 4. The van der Waals surface area contributed by atoms with Crippen LogP contribution in [0.5, 0.6) is 11.5 Å². The fraction of sp³-hybridized carbons (Fsp3) is 0.435. The average Bonchev–Trinajstić information content (AvgIpc) is 2.81. The molecule has 1 atom stereocenters. The highest BCUT2D eigenvalue weighted by Gasteiger charge is 2.30. The maximum Gasteiger partial charge on any atom is 0.224 e. The van der Waals surface area contributed by atoms with Gasteiger partial charge in [0.2, 0.25) is 11.9 Å². The minimum absolute atomic E-state index is 0.502. The first-order valence-electron chi connectivity index (χ1n) is 10.9. The van der Waals surface area contributed by atoms with Crippen LogP contribution in [0.3, 0.4) is 0 Å². The van der Waals surface area contributed by atoms with E-state index in [4.69, 9.17) is 15.2 Å². The van der Waals surface area contributed by atoms with Gasteiger partial charge in [-0.3, -0.25) is 10.7 Å². The van der Waals surface area contributed by atoms with E-state index in [0.29, 0.717) is 49.3 Å². The van der Waals surface area contributed by atoms with E-state index in [-0.39, 0.29) is 0 Å². The van der Waals surface area contributed by atoms with Gasteiger partial charge < -0.3 is 30.3 Å². The Kier molecular flexibility index (Phi) is 8.45. The summed E-state index contributed by atoms with van der Waals surface area (Å²) in [6.07, 6.45) is 4.77. The Morgan fingerprint density at radius 3 is 2.48 bits per heavy atom. The summed E-state index contributed by atoms with van der Waals surface area (Å²) in [7, 11) is 7.29. The van der Waals surface area contributed by atoms with Crippen molar-refractivity contribution in [3.05, 3.63) is 53.9 Å². The highest BCUT2D eigenvalue weighted by Crippen LogP contribution is 2.28. The molecule has 0 saturated heterocycles. The number of methoxy groups -OCH3 is 2. The van der Waals surface area contributed by atoms with E-state index >= 15 is 0 Å². The van der Waals surface area contributed by atoms with Crippen LogP contribution in [0, 0.1) is 0 Å². The van der Waals surface area contributed by atoms with Crippen LogP contribution in [-0.4, -0.2) is 69.0 Å². The molecule has 178 valence electrons. The Bertz CT molecular complexity index is 964. The Labute approximate surface area is 195 Å². The molecule has 2 heterocycles. The molecule has 0 aliphatic carbocycles. The van der Waals surface area contributed by atoms with E-state index in [1.165, 1.54) is 0 Å². The zero-order valence-corrected chi connectivity index (χ0v) is 19.8. The van der Waals surface area contributed by atoms with Crippen molar-refractivity contribution < 1.29 is 9.47 Å². The van der Waals surface area contributed by atoms with E-state index < -0.39 is 5.79 Å². The normalized spacial score (nSPS) is 17.6. The lowest BCUT2D eigenvalue weighted by molar-refractivity contribution is 0.352. The molecule has 1 aliphatic heterocycles. The topological polar surface area (TPSA) is 121 Å². The largest absolute Gasteiger partial charge is 0.493 e. The Morgan fingerprint density at radius 1 is 1.03 bits per heavy atom. The van der Waals surface area contributed by atoms with Crippen molar-refractivity contribution in [3.63, 3.8) is 0 Å². The third-order valence-corrected chi connectivity index (χ3v) is 5.15. The van der Waals surface area contributed by atoms with Gasteiger partial charge in [-0.1, -0.05) is 6.07 Å². The van der Waals surface area contributed by atoms with E-state index in [0.717, 1.165) is 17.7 Å². The summed E-state index contributed by atoms with van der Waals surface area (Å²) in [6.45, 7) is 2.15. The summed E-state index contributed by atoms with van der Waals surface area (Å²) in [5.74, 6) is 1.44. The molecule has 0 bridgehead atoms. The van der Waals surface area contributed by atoms with Crippen LogP contribution in [0.15, 0.2) is 52.7 Å². The number of likely N-dealkylation sites (N-methyl/N-ethyl adjacent to an activating group) is 1. The van der Waals surface area contributed by atoms with E-state index in [2.05, 4.69) is 35.8 Å². The van der Waals surface area contributed by atoms with Gasteiger partial charge in [-0.05, 0) is 55.9 Å². The fourth-order valence-electron chi connectivity index (χ4n) is 3.31. The number of rotatable bonds is 10. The Hall–Kier alpha value is -3.37. The average molecular weight is 455 g/mol. The number of hydrogen-bond donors (Lipinski definition) is 4. The van der Waals surface area contributed by atoms with Crippen LogP contribution in [-0.2, 0) is 13.0 Å². The van der Waals surface area contributed by atoms with Gasteiger partial charge in [-0.2, -0.15) is 4.99 Å². The second kappa shape index (κ2) is 11.5. The van der Waals surface area contributed by atoms with Crippen molar-refractivity contribution in [1.82, 2.24) is 25.8 Å². The molecule has 0 radical (unpaired) electrons. The minimum Gasteiger partial charge on any atom is -0.493 e. The second-order valence-electron chi connectivity index (χ2n) is 8.07. The zero-order valence-electron chi connectivity index (χ0n) is 19.8. The van der Waals surface area contributed by atoms with E-state index in [1.54, 1.807) is 26.6 Å². The molecule has 0 saturated carbocycles. The number of pyridine rings is 1.